The lowest BCUT2D eigenvalue weighted by Crippen LogP contribution is -2.31. The number of hydrogen-bond donors (Lipinski definition) is 1. The van der Waals surface area contributed by atoms with E-state index in [2.05, 4.69) is 42.6 Å². The zero-order valence-corrected chi connectivity index (χ0v) is 12.4. The second kappa shape index (κ2) is 8.37. The van der Waals surface area contributed by atoms with Crippen LogP contribution in [-0.4, -0.2) is 6.04 Å². The average Bonchev–Trinajstić information content (AvgIpc) is 2.47. The third kappa shape index (κ3) is 5.36. The molecule has 19 heavy (non-hydrogen) atoms. The Morgan fingerprint density at radius 3 is 2.53 bits per heavy atom. The van der Waals surface area contributed by atoms with Crippen LogP contribution in [0.2, 0.25) is 0 Å². The van der Waals surface area contributed by atoms with Gasteiger partial charge in [-0.3, -0.25) is 0 Å². The third-order valence-electron chi connectivity index (χ3n) is 4.42. The van der Waals surface area contributed by atoms with Gasteiger partial charge in [0.15, 0.2) is 0 Å². The first-order valence-corrected chi connectivity index (χ1v) is 8.15. The Morgan fingerprint density at radius 2 is 1.84 bits per heavy atom. The van der Waals surface area contributed by atoms with Gasteiger partial charge in [0, 0.05) is 12.6 Å². The minimum Gasteiger partial charge on any atom is -0.310 e. The molecule has 1 aliphatic rings. The van der Waals surface area contributed by atoms with Crippen LogP contribution in [0.1, 0.15) is 63.9 Å². The van der Waals surface area contributed by atoms with Gasteiger partial charge in [-0.15, -0.1) is 0 Å². The molecule has 0 bridgehead atoms. The summed E-state index contributed by atoms with van der Waals surface area (Å²) in [6.45, 7) is 3.33. The summed E-state index contributed by atoms with van der Waals surface area (Å²) >= 11 is 0. The largest absolute Gasteiger partial charge is 0.310 e. The average molecular weight is 259 g/mol. The van der Waals surface area contributed by atoms with Crippen molar-refractivity contribution in [1.82, 2.24) is 5.32 Å². The Morgan fingerprint density at radius 1 is 1.11 bits per heavy atom. The highest BCUT2D eigenvalue weighted by Crippen LogP contribution is 2.28. The van der Waals surface area contributed by atoms with Crippen molar-refractivity contribution < 1.29 is 0 Å². The quantitative estimate of drug-likeness (QED) is 0.733. The van der Waals surface area contributed by atoms with Crippen LogP contribution in [0.4, 0.5) is 0 Å². The standard InChI is InChI=1S/C18H29N/c1-2-9-18(14-16-10-5-3-6-11-16)19-15-17-12-7-4-8-13-17/h4,7-8,12-13,16,18-19H,2-3,5-6,9-11,14-15H2,1H3. The van der Waals surface area contributed by atoms with Gasteiger partial charge in [0.05, 0.1) is 0 Å². The van der Waals surface area contributed by atoms with E-state index in [1.54, 1.807) is 0 Å². The van der Waals surface area contributed by atoms with Crippen LogP contribution in [-0.2, 0) is 6.54 Å². The molecule has 1 fully saturated rings. The van der Waals surface area contributed by atoms with E-state index in [4.69, 9.17) is 0 Å². The number of rotatable bonds is 7. The van der Waals surface area contributed by atoms with Gasteiger partial charge in [-0.25, -0.2) is 0 Å². The molecule has 0 saturated heterocycles. The lowest BCUT2D eigenvalue weighted by atomic mass is 9.84. The van der Waals surface area contributed by atoms with E-state index in [-0.39, 0.29) is 0 Å². The first-order valence-electron chi connectivity index (χ1n) is 8.15. The molecular weight excluding hydrogens is 230 g/mol. The Kier molecular flexibility index (Phi) is 6.43. The normalized spacial score (nSPS) is 18.4. The molecule has 1 aromatic carbocycles. The first kappa shape index (κ1) is 14.6. The van der Waals surface area contributed by atoms with Gasteiger partial charge in [0.25, 0.3) is 0 Å². The minimum absolute atomic E-state index is 0.716. The fourth-order valence-electron chi connectivity index (χ4n) is 3.33. The topological polar surface area (TPSA) is 12.0 Å². The molecule has 1 N–H and O–H groups in total. The van der Waals surface area contributed by atoms with Gasteiger partial charge in [0.1, 0.15) is 0 Å². The maximum atomic E-state index is 3.78. The molecule has 0 aliphatic heterocycles. The Balaban J connectivity index is 1.78. The maximum Gasteiger partial charge on any atom is 0.0208 e. The highest BCUT2D eigenvalue weighted by Gasteiger charge is 2.18. The number of benzene rings is 1. The van der Waals surface area contributed by atoms with Crippen molar-refractivity contribution >= 4 is 0 Å². The molecule has 0 aromatic heterocycles. The summed E-state index contributed by atoms with van der Waals surface area (Å²) in [7, 11) is 0. The molecule has 1 nitrogen and oxygen atoms in total. The molecule has 0 heterocycles. The predicted octanol–water partition coefficient (Wildman–Crippen LogP) is 4.92. The monoisotopic (exact) mass is 259 g/mol. The summed E-state index contributed by atoms with van der Waals surface area (Å²) in [5, 5.41) is 3.78. The third-order valence-corrected chi connectivity index (χ3v) is 4.42. The van der Waals surface area contributed by atoms with E-state index < -0.39 is 0 Å². The van der Waals surface area contributed by atoms with Gasteiger partial charge >= 0.3 is 0 Å². The second-order valence-corrected chi connectivity index (χ2v) is 6.09. The lowest BCUT2D eigenvalue weighted by Gasteiger charge is -2.27. The summed E-state index contributed by atoms with van der Waals surface area (Å²) in [6, 6.07) is 11.5. The molecule has 1 aliphatic carbocycles. The molecule has 1 heteroatoms. The number of nitrogens with one attached hydrogen (secondary N) is 1. The molecule has 0 spiro atoms. The summed E-state index contributed by atoms with van der Waals surface area (Å²) in [6.07, 6.45) is 11.3. The van der Waals surface area contributed by atoms with Crippen LogP contribution in [0.5, 0.6) is 0 Å². The lowest BCUT2D eigenvalue weighted by molar-refractivity contribution is 0.289. The molecule has 106 valence electrons. The Labute approximate surface area is 118 Å². The van der Waals surface area contributed by atoms with Crippen molar-refractivity contribution in [2.45, 2.75) is 70.9 Å². The molecule has 1 unspecified atom stereocenters. The fraction of sp³-hybridized carbons (Fsp3) is 0.667. The van der Waals surface area contributed by atoms with Crippen molar-refractivity contribution in [2.75, 3.05) is 0 Å². The van der Waals surface area contributed by atoms with Crippen LogP contribution < -0.4 is 5.32 Å². The van der Waals surface area contributed by atoms with Crippen molar-refractivity contribution in [1.29, 1.82) is 0 Å². The van der Waals surface area contributed by atoms with E-state index in [0.717, 1.165) is 12.5 Å². The predicted molar refractivity (Wildman–Crippen MR) is 83.2 cm³/mol. The van der Waals surface area contributed by atoms with Gasteiger partial charge in [-0.05, 0) is 24.3 Å². The van der Waals surface area contributed by atoms with Crippen molar-refractivity contribution in [3.05, 3.63) is 35.9 Å². The van der Waals surface area contributed by atoms with Gasteiger partial charge in [-0.2, -0.15) is 0 Å². The van der Waals surface area contributed by atoms with Crippen molar-refractivity contribution in [3.63, 3.8) is 0 Å². The summed E-state index contributed by atoms with van der Waals surface area (Å²) in [5.74, 6) is 0.980. The van der Waals surface area contributed by atoms with E-state index in [1.165, 1.54) is 56.9 Å². The zero-order chi connectivity index (χ0) is 13.3. The molecule has 2 rings (SSSR count). The van der Waals surface area contributed by atoms with Gasteiger partial charge < -0.3 is 5.32 Å². The van der Waals surface area contributed by atoms with Crippen LogP contribution in [0, 0.1) is 5.92 Å². The summed E-state index contributed by atoms with van der Waals surface area (Å²) in [4.78, 5) is 0. The highest BCUT2D eigenvalue weighted by atomic mass is 14.9. The molecule has 0 radical (unpaired) electrons. The fourth-order valence-corrected chi connectivity index (χ4v) is 3.33. The van der Waals surface area contributed by atoms with Crippen molar-refractivity contribution in [2.24, 2.45) is 5.92 Å². The Hall–Kier alpha value is -0.820. The maximum absolute atomic E-state index is 3.78. The first-order chi connectivity index (χ1) is 9.38. The SMILES string of the molecule is CCCC(CC1CCCCC1)NCc1ccccc1. The zero-order valence-electron chi connectivity index (χ0n) is 12.4. The van der Waals surface area contributed by atoms with Crippen molar-refractivity contribution in [3.8, 4) is 0 Å². The van der Waals surface area contributed by atoms with Crippen LogP contribution >= 0.6 is 0 Å². The minimum atomic E-state index is 0.716. The molecule has 1 atom stereocenters. The smallest absolute Gasteiger partial charge is 0.0208 e. The summed E-state index contributed by atoms with van der Waals surface area (Å²) < 4.78 is 0. The molecular formula is C18H29N. The summed E-state index contributed by atoms with van der Waals surface area (Å²) in [5.41, 5.74) is 1.41. The van der Waals surface area contributed by atoms with E-state index in [0.29, 0.717) is 6.04 Å². The number of hydrogen-bond acceptors (Lipinski definition) is 1. The van der Waals surface area contributed by atoms with E-state index in [9.17, 15) is 0 Å². The van der Waals surface area contributed by atoms with Crippen LogP contribution in [0.3, 0.4) is 0 Å². The van der Waals surface area contributed by atoms with Gasteiger partial charge in [-0.1, -0.05) is 75.8 Å². The van der Waals surface area contributed by atoms with E-state index in [1.807, 2.05) is 0 Å². The van der Waals surface area contributed by atoms with E-state index >= 15 is 0 Å². The molecule has 1 saturated carbocycles. The van der Waals surface area contributed by atoms with Crippen LogP contribution in [0.15, 0.2) is 30.3 Å². The molecule has 1 aromatic rings. The second-order valence-electron chi connectivity index (χ2n) is 6.09. The molecule has 0 amide bonds. The Bertz CT molecular complexity index is 327. The van der Waals surface area contributed by atoms with Gasteiger partial charge in [0.2, 0.25) is 0 Å². The highest BCUT2D eigenvalue weighted by molar-refractivity contribution is 5.14. The van der Waals surface area contributed by atoms with Crippen LogP contribution in [0.25, 0.3) is 0 Å².